The Hall–Kier alpha value is -0.570. The molecular formula is C11H15NO4S3. The van der Waals surface area contributed by atoms with Crippen molar-refractivity contribution in [3.8, 4) is 0 Å². The zero-order valence-electron chi connectivity index (χ0n) is 10.6. The highest BCUT2D eigenvalue weighted by molar-refractivity contribution is 7.99. The van der Waals surface area contributed by atoms with Crippen LogP contribution in [-0.2, 0) is 14.8 Å². The highest BCUT2D eigenvalue weighted by atomic mass is 32.2. The Morgan fingerprint density at radius 3 is 2.68 bits per heavy atom. The molecule has 0 aromatic carbocycles. The third-order valence-electron chi connectivity index (χ3n) is 2.95. The van der Waals surface area contributed by atoms with Crippen molar-refractivity contribution < 1.29 is 18.3 Å². The van der Waals surface area contributed by atoms with Gasteiger partial charge in [-0.2, -0.15) is 16.1 Å². The summed E-state index contributed by atoms with van der Waals surface area (Å²) >= 11 is 2.88. The van der Waals surface area contributed by atoms with Gasteiger partial charge in [0.05, 0.1) is 4.90 Å². The molecule has 1 aliphatic heterocycles. The second kappa shape index (κ2) is 5.43. The van der Waals surface area contributed by atoms with Gasteiger partial charge in [0.15, 0.2) is 0 Å². The van der Waals surface area contributed by atoms with E-state index >= 15 is 0 Å². The number of carboxylic acids is 1. The molecule has 1 unspecified atom stereocenters. The van der Waals surface area contributed by atoms with Gasteiger partial charge in [-0.05, 0) is 19.9 Å². The molecule has 1 atom stereocenters. The van der Waals surface area contributed by atoms with E-state index < -0.39 is 22.0 Å². The number of hydrogen-bond acceptors (Lipinski definition) is 5. The zero-order valence-corrected chi connectivity index (χ0v) is 13.1. The molecule has 1 saturated heterocycles. The van der Waals surface area contributed by atoms with Crippen molar-refractivity contribution in [3.63, 3.8) is 0 Å². The van der Waals surface area contributed by atoms with Crippen LogP contribution in [0.3, 0.4) is 0 Å². The van der Waals surface area contributed by atoms with Crippen LogP contribution in [0.25, 0.3) is 0 Å². The topological polar surface area (TPSA) is 74.7 Å². The number of hydrogen-bond donors (Lipinski definition) is 1. The quantitative estimate of drug-likeness (QED) is 0.914. The molecule has 0 aliphatic carbocycles. The lowest BCUT2D eigenvalue weighted by Crippen LogP contribution is -2.50. The number of rotatable bonds is 3. The maximum Gasteiger partial charge on any atom is 0.322 e. The minimum Gasteiger partial charge on any atom is -0.480 e. The van der Waals surface area contributed by atoms with Crippen LogP contribution in [0.4, 0.5) is 0 Å². The molecule has 19 heavy (non-hydrogen) atoms. The number of sulfonamides is 1. The Balaban J connectivity index is 2.43. The molecule has 8 heteroatoms. The molecular weight excluding hydrogens is 306 g/mol. The van der Waals surface area contributed by atoms with Crippen LogP contribution >= 0.6 is 23.1 Å². The van der Waals surface area contributed by atoms with Crippen LogP contribution in [0.2, 0.25) is 0 Å². The number of thiophene rings is 1. The third-order valence-corrected chi connectivity index (χ3v) is 7.10. The standard InChI is InChI=1S/C11H15NO4S3/c1-7-5-10(8(2)18-7)19(15,16)12-3-4-17-6-9(12)11(13)14/h5,9H,3-4,6H2,1-2H3,(H,13,14). The van der Waals surface area contributed by atoms with Crippen molar-refractivity contribution in [2.45, 2.75) is 24.8 Å². The first-order valence-corrected chi connectivity index (χ1v) is 9.14. The number of carbonyl (C=O) groups is 1. The van der Waals surface area contributed by atoms with Crippen LogP contribution in [0.5, 0.6) is 0 Å². The SMILES string of the molecule is Cc1cc(S(=O)(=O)N2CCSCC2C(=O)O)c(C)s1. The first-order chi connectivity index (χ1) is 8.84. The van der Waals surface area contributed by atoms with E-state index in [1.807, 2.05) is 6.92 Å². The van der Waals surface area contributed by atoms with Crippen LogP contribution in [0.1, 0.15) is 9.75 Å². The van der Waals surface area contributed by atoms with E-state index in [4.69, 9.17) is 0 Å². The average molecular weight is 321 g/mol. The number of nitrogens with zero attached hydrogens (tertiary/aromatic N) is 1. The minimum atomic E-state index is -3.72. The smallest absolute Gasteiger partial charge is 0.322 e. The summed E-state index contributed by atoms with van der Waals surface area (Å²) in [7, 11) is -3.72. The molecule has 0 radical (unpaired) electrons. The van der Waals surface area contributed by atoms with E-state index in [0.717, 1.165) is 9.18 Å². The lowest BCUT2D eigenvalue weighted by Gasteiger charge is -2.31. The molecule has 1 aliphatic rings. The first-order valence-electron chi connectivity index (χ1n) is 5.73. The Labute approximate surface area is 120 Å². The van der Waals surface area contributed by atoms with Crippen molar-refractivity contribution in [2.75, 3.05) is 18.1 Å². The number of carboxylic acid groups (broad SMARTS) is 1. The van der Waals surface area contributed by atoms with Gasteiger partial charge in [-0.25, -0.2) is 8.42 Å². The van der Waals surface area contributed by atoms with E-state index in [1.54, 1.807) is 13.0 Å². The third kappa shape index (κ3) is 2.81. The summed E-state index contributed by atoms with van der Waals surface area (Å²) in [4.78, 5) is 13.1. The van der Waals surface area contributed by atoms with E-state index in [0.29, 0.717) is 16.4 Å². The number of thioether (sulfide) groups is 1. The van der Waals surface area contributed by atoms with Crippen LogP contribution in [-0.4, -0.2) is 47.9 Å². The predicted octanol–water partition coefficient (Wildman–Crippen LogP) is 1.56. The van der Waals surface area contributed by atoms with E-state index in [-0.39, 0.29) is 11.4 Å². The molecule has 0 saturated carbocycles. The highest BCUT2D eigenvalue weighted by Crippen LogP contribution is 2.30. The molecule has 1 aromatic rings. The van der Waals surface area contributed by atoms with Gasteiger partial charge in [0.25, 0.3) is 0 Å². The van der Waals surface area contributed by atoms with Gasteiger partial charge in [0, 0.05) is 27.8 Å². The molecule has 0 spiro atoms. The predicted molar refractivity (Wildman–Crippen MR) is 76.4 cm³/mol. The number of aliphatic carboxylic acids is 1. The van der Waals surface area contributed by atoms with E-state index in [9.17, 15) is 18.3 Å². The fraction of sp³-hybridized carbons (Fsp3) is 0.545. The first kappa shape index (κ1) is 14.8. The van der Waals surface area contributed by atoms with Crippen molar-refractivity contribution in [2.24, 2.45) is 0 Å². The van der Waals surface area contributed by atoms with Crippen LogP contribution < -0.4 is 0 Å². The Morgan fingerprint density at radius 1 is 1.47 bits per heavy atom. The Morgan fingerprint density at radius 2 is 2.16 bits per heavy atom. The molecule has 1 fully saturated rings. The largest absolute Gasteiger partial charge is 0.480 e. The maximum atomic E-state index is 12.6. The summed E-state index contributed by atoms with van der Waals surface area (Å²) in [5.41, 5.74) is 0. The van der Waals surface area contributed by atoms with Gasteiger partial charge in [0.1, 0.15) is 6.04 Å². The Bertz CT molecular complexity index is 593. The molecule has 2 rings (SSSR count). The van der Waals surface area contributed by atoms with Gasteiger partial charge in [-0.1, -0.05) is 0 Å². The molecule has 1 aromatic heterocycles. The highest BCUT2D eigenvalue weighted by Gasteiger charge is 2.38. The fourth-order valence-electron chi connectivity index (χ4n) is 2.06. The summed E-state index contributed by atoms with van der Waals surface area (Å²) in [6.45, 7) is 3.84. The second-order valence-electron chi connectivity index (χ2n) is 4.32. The summed E-state index contributed by atoms with van der Waals surface area (Å²) in [6, 6.07) is 0.652. The molecule has 0 bridgehead atoms. The van der Waals surface area contributed by atoms with Gasteiger partial charge in [-0.15, -0.1) is 11.3 Å². The van der Waals surface area contributed by atoms with Gasteiger partial charge in [-0.3, -0.25) is 4.79 Å². The summed E-state index contributed by atoms with van der Waals surface area (Å²) < 4.78 is 26.3. The van der Waals surface area contributed by atoms with E-state index in [1.165, 1.54) is 23.1 Å². The van der Waals surface area contributed by atoms with Crippen molar-refractivity contribution in [1.29, 1.82) is 0 Å². The monoisotopic (exact) mass is 321 g/mol. The molecule has 5 nitrogen and oxygen atoms in total. The lowest BCUT2D eigenvalue weighted by atomic mass is 10.3. The van der Waals surface area contributed by atoms with Gasteiger partial charge in [0.2, 0.25) is 10.0 Å². The lowest BCUT2D eigenvalue weighted by molar-refractivity contribution is -0.140. The molecule has 0 amide bonds. The normalized spacial score (nSPS) is 21.5. The Kier molecular flexibility index (Phi) is 4.24. The second-order valence-corrected chi connectivity index (χ2v) is 8.79. The zero-order chi connectivity index (χ0) is 14.2. The van der Waals surface area contributed by atoms with E-state index in [2.05, 4.69) is 0 Å². The van der Waals surface area contributed by atoms with Crippen LogP contribution in [0, 0.1) is 13.8 Å². The molecule has 106 valence electrons. The van der Waals surface area contributed by atoms with Gasteiger partial charge >= 0.3 is 5.97 Å². The minimum absolute atomic E-state index is 0.244. The van der Waals surface area contributed by atoms with Crippen molar-refractivity contribution in [3.05, 3.63) is 15.8 Å². The molecule has 2 heterocycles. The number of aryl methyl sites for hydroxylation is 2. The van der Waals surface area contributed by atoms with Crippen molar-refractivity contribution >= 4 is 39.1 Å². The maximum absolute atomic E-state index is 12.6. The van der Waals surface area contributed by atoms with Crippen LogP contribution in [0.15, 0.2) is 11.0 Å². The summed E-state index contributed by atoms with van der Waals surface area (Å²) in [5, 5.41) is 9.18. The molecule has 1 N–H and O–H groups in total. The van der Waals surface area contributed by atoms with Gasteiger partial charge < -0.3 is 5.11 Å². The van der Waals surface area contributed by atoms with Crippen molar-refractivity contribution in [1.82, 2.24) is 4.31 Å². The summed E-state index contributed by atoms with van der Waals surface area (Å²) in [6.07, 6.45) is 0. The fourth-order valence-corrected chi connectivity index (χ4v) is 6.42. The average Bonchev–Trinajstić information content (AvgIpc) is 2.69. The summed E-state index contributed by atoms with van der Waals surface area (Å²) in [5.74, 6) is -0.151.